The predicted octanol–water partition coefficient (Wildman–Crippen LogP) is 5.56. The number of carbonyl (C=O) groups is 1. The Morgan fingerprint density at radius 1 is 1.03 bits per heavy atom. The number of amides is 1. The second-order valence-corrected chi connectivity index (χ2v) is 8.50. The Morgan fingerprint density at radius 2 is 1.84 bits per heavy atom. The molecule has 0 saturated carbocycles. The van der Waals surface area contributed by atoms with Crippen LogP contribution in [0.5, 0.6) is 5.88 Å². The van der Waals surface area contributed by atoms with Gasteiger partial charge in [-0.25, -0.2) is 4.98 Å². The van der Waals surface area contributed by atoms with E-state index in [0.717, 1.165) is 19.3 Å². The number of rotatable bonds is 10. The number of aromatic nitrogens is 1. The van der Waals surface area contributed by atoms with Crippen molar-refractivity contribution in [2.24, 2.45) is 0 Å². The number of fused-ring (bicyclic) bond motifs is 1. The van der Waals surface area contributed by atoms with E-state index < -0.39 is 0 Å². The highest BCUT2D eigenvalue weighted by atomic mass is 16.5. The summed E-state index contributed by atoms with van der Waals surface area (Å²) in [5.41, 5.74) is 5.38. The minimum Gasteiger partial charge on any atom is -0.476 e. The maximum Gasteiger partial charge on any atom is 0.223 e. The minimum atomic E-state index is 0.0115. The van der Waals surface area contributed by atoms with Gasteiger partial charge in [0, 0.05) is 18.7 Å². The van der Waals surface area contributed by atoms with Crippen molar-refractivity contribution >= 4 is 5.91 Å². The molecule has 0 saturated heterocycles. The van der Waals surface area contributed by atoms with Gasteiger partial charge in [0.15, 0.2) is 0 Å². The largest absolute Gasteiger partial charge is 0.476 e. The molecule has 4 rings (SSSR count). The standard InChI is InChI=1S/C28H32N2O2/c1-22(25-17-16-24-12-8-13-26(24)21-25)30(19-20-32-27-14-5-6-18-29-27)28(31)15-7-11-23-9-3-2-4-10-23/h2-6,9-10,14,16-18,21-22H,7-8,11-13,15,19-20H2,1H3. The minimum absolute atomic E-state index is 0.0115. The van der Waals surface area contributed by atoms with Crippen molar-refractivity contribution < 1.29 is 9.53 Å². The molecule has 3 aromatic rings. The number of hydrogen-bond acceptors (Lipinski definition) is 3. The Labute approximate surface area is 191 Å². The van der Waals surface area contributed by atoms with Crippen molar-refractivity contribution in [1.82, 2.24) is 9.88 Å². The summed E-state index contributed by atoms with van der Waals surface area (Å²) in [6, 6.07) is 22.7. The van der Waals surface area contributed by atoms with Crippen LogP contribution in [0, 0.1) is 0 Å². The van der Waals surface area contributed by atoms with E-state index in [-0.39, 0.29) is 11.9 Å². The molecule has 1 heterocycles. The Kier molecular flexibility index (Phi) is 7.55. The highest BCUT2D eigenvalue weighted by Crippen LogP contribution is 2.28. The van der Waals surface area contributed by atoms with Crippen LogP contribution in [0.1, 0.15) is 54.5 Å². The first kappa shape index (κ1) is 22.1. The molecular formula is C28H32N2O2. The highest BCUT2D eigenvalue weighted by molar-refractivity contribution is 5.76. The van der Waals surface area contributed by atoms with E-state index in [4.69, 9.17) is 4.74 Å². The van der Waals surface area contributed by atoms with Crippen molar-refractivity contribution in [2.45, 2.75) is 51.5 Å². The maximum atomic E-state index is 13.3. The van der Waals surface area contributed by atoms with Crippen LogP contribution in [0.25, 0.3) is 0 Å². The van der Waals surface area contributed by atoms with Crippen LogP contribution in [-0.4, -0.2) is 28.9 Å². The zero-order chi connectivity index (χ0) is 22.2. The third-order valence-corrected chi connectivity index (χ3v) is 6.31. The lowest BCUT2D eigenvalue weighted by Gasteiger charge is -2.30. The van der Waals surface area contributed by atoms with Crippen LogP contribution >= 0.6 is 0 Å². The lowest BCUT2D eigenvalue weighted by molar-refractivity contribution is -0.133. The number of pyridine rings is 1. The van der Waals surface area contributed by atoms with E-state index in [1.54, 1.807) is 6.20 Å². The zero-order valence-corrected chi connectivity index (χ0v) is 18.9. The predicted molar refractivity (Wildman–Crippen MR) is 128 cm³/mol. The van der Waals surface area contributed by atoms with E-state index in [1.165, 1.54) is 35.1 Å². The van der Waals surface area contributed by atoms with Crippen molar-refractivity contribution in [3.63, 3.8) is 0 Å². The molecule has 2 aromatic carbocycles. The summed E-state index contributed by atoms with van der Waals surface area (Å²) >= 11 is 0. The summed E-state index contributed by atoms with van der Waals surface area (Å²) < 4.78 is 5.82. The lowest BCUT2D eigenvalue weighted by Crippen LogP contribution is -2.37. The molecule has 0 N–H and O–H groups in total. The monoisotopic (exact) mass is 428 g/mol. The van der Waals surface area contributed by atoms with E-state index in [2.05, 4.69) is 42.2 Å². The Bertz CT molecular complexity index is 1000. The average Bonchev–Trinajstić information content (AvgIpc) is 3.31. The summed E-state index contributed by atoms with van der Waals surface area (Å²) in [7, 11) is 0. The van der Waals surface area contributed by atoms with Crippen LogP contribution in [0.3, 0.4) is 0 Å². The van der Waals surface area contributed by atoms with Crippen LogP contribution in [0.15, 0.2) is 72.9 Å². The molecule has 1 atom stereocenters. The Hall–Kier alpha value is -3.14. The summed E-state index contributed by atoms with van der Waals surface area (Å²) in [5, 5.41) is 0. The van der Waals surface area contributed by atoms with Crippen molar-refractivity contribution in [2.75, 3.05) is 13.2 Å². The number of nitrogens with zero attached hydrogens (tertiary/aromatic N) is 2. The number of ether oxygens (including phenoxy) is 1. The second kappa shape index (κ2) is 10.9. The first-order valence-corrected chi connectivity index (χ1v) is 11.7. The van der Waals surface area contributed by atoms with Gasteiger partial charge in [0.25, 0.3) is 0 Å². The van der Waals surface area contributed by atoms with Crippen molar-refractivity contribution in [3.05, 3.63) is 95.2 Å². The molecular weight excluding hydrogens is 396 g/mol. The van der Waals surface area contributed by atoms with Gasteiger partial charge in [0.1, 0.15) is 6.61 Å². The molecule has 1 aromatic heterocycles. The molecule has 0 aliphatic heterocycles. The van der Waals surface area contributed by atoms with E-state index in [1.807, 2.05) is 41.3 Å². The normalized spacial score (nSPS) is 13.4. The van der Waals surface area contributed by atoms with Gasteiger partial charge in [-0.15, -0.1) is 0 Å². The molecule has 166 valence electrons. The number of carbonyl (C=O) groups excluding carboxylic acids is 1. The van der Waals surface area contributed by atoms with Gasteiger partial charge >= 0.3 is 0 Å². The van der Waals surface area contributed by atoms with Gasteiger partial charge < -0.3 is 9.64 Å². The summed E-state index contributed by atoms with van der Waals surface area (Å²) in [6.07, 6.45) is 7.55. The van der Waals surface area contributed by atoms with Crippen molar-refractivity contribution in [1.29, 1.82) is 0 Å². The van der Waals surface area contributed by atoms with Gasteiger partial charge in [-0.05, 0) is 67.3 Å². The fourth-order valence-electron chi connectivity index (χ4n) is 4.48. The molecule has 0 radical (unpaired) electrons. The molecule has 32 heavy (non-hydrogen) atoms. The van der Waals surface area contributed by atoms with Gasteiger partial charge in [-0.2, -0.15) is 0 Å². The van der Waals surface area contributed by atoms with Crippen LogP contribution in [-0.2, 0) is 24.1 Å². The lowest BCUT2D eigenvalue weighted by atomic mass is 10.0. The van der Waals surface area contributed by atoms with Crippen LogP contribution in [0.4, 0.5) is 0 Å². The quantitative estimate of drug-likeness (QED) is 0.424. The highest BCUT2D eigenvalue weighted by Gasteiger charge is 2.23. The molecule has 0 bridgehead atoms. The topological polar surface area (TPSA) is 42.4 Å². The van der Waals surface area contributed by atoms with E-state index in [9.17, 15) is 4.79 Å². The first-order valence-electron chi connectivity index (χ1n) is 11.7. The number of aryl methyl sites for hydroxylation is 3. The third-order valence-electron chi connectivity index (χ3n) is 6.31. The molecule has 1 amide bonds. The van der Waals surface area contributed by atoms with Gasteiger partial charge in [-0.3, -0.25) is 4.79 Å². The van der Waals surface area contributed by atoms with Gasteiger partial charge in [0.2, 0.25) is 11.8 Å². The Morgan fingerprint density at radius 3 is 2.66 bits per heavy atom. The fourth-order valence-corrected chi connectivity index (χ4v) is 4.48. The van der Waals surface area contributed by atoms with E-state index >= 15 is 0 Å². The molecule has 1 unspecified atom stereocenters. The van der Waals surface area contributed by atoms with Gasteiger partial charge in [-0.1, -0.05) is 54.6 Å². The summed E-state index contributed by atoms with van der Waals surface area (Å²) in [4.78, 5) is 19.5. The van der Waals surface area contributed by atoms with Gasteiger partial charge in [0.05, 0.1) is 12.6 Å². The summed E-state index contributed by atoms with van der Waals surface area (Å²) in [5.74, 6) is 0.771. The zero-order valence-electron chi connectivity index (χ0n) is 18.9. The number of hydrogen-bond donors (Lipinski definition) is 0. The fraction of sp³-hybridized carbons (Fsp3) is 0.357. The molecule has 1 aliphatic rings. The molecule has 1 aliphatic carbocycles. The van der Waals surface area contributed by atoms with Crippen LogP contribution in [0.2, 0.25) is 0 Å². The molecule has 0 fully saturated rings. The third kappa shape index (κ3) is 5.76. The Balaban J connectivity index is 1.41. The summed E-state index contributed by atoms with van der Waals surface area (Å²) in [6.45, 7) is 3.10. The van der Waals surface area contributed by atoms with E-state index in [0.29, 0.717) is 25.5 Å². The number of benzene rings is 2. The first-order chi connectivity index (χ1) is 15.7. The van der Waals surface area contributed by atoms with Crippen molar-refractivity contribution in [3.8, 4) is 5.88 Å². The average molecular weight is 429 g/mol. The molecule has 4 heteroatoms. The smallest absolute Gasteiger partial charge is 0.223 e. The molecule has 4 nitrogen and oxygen atoms in total. The van der Waals surface area contributed by atoms with Crippen LogP contribution < -0.4 is 4.74 Å². The maximum absolute atomic E-state index is 13.3. The second-order valence-electron chi connectivity index (χ2n) is 8.50. The molecule has 0 spiro atoms. The SMILES string of the molecule is CC(c1ccc2c(c1)CCC2)N(CCOc1ccccn1)C(=O)CCCc1ccccc1.